The van der Waals surface area contributed by atoms with Gasteiger partial charge in [0.1, 0.15) is 6.67 Å². The quantitative estimate of drug-likeness (QED) is 0.503. The third-order valence-corrected chi connectivity index (χ3v) is 1.54. The smallest absolute Gasteiger partial charge is 0.199 e. The number of nitrogens with two attached hydrogens (primary N) is 1. The van der Waals surface area contributed by atoms with Crippen LogP contribution in [-0.4, -0.2) is 25.1 Å². The van der Waals surface area contributed by atoms with Gasteiger partial charge in [-0.1, -0.05) is 13.3 Å². The first kappa shape index (κ1) is 8.83. The molecule has 0 amide bonds. The predicted molar refractivity (Wildman–Crippen MR) is 50.0 cm³/mol. The maximum absolute atomic E-state index is 5.45. The molecular formula is C7H15N5. The van der Waals surface area contributed by atoms with E-state index in [-0.39, 0.29) is 0 Å². The van der Waals surface area contributed by atoms with Gasteiger partial charge in [0.05, 0.1) is 0 Å². The minimum Gasteiger partial charge on any atom is -0.370 e. The maximum atomic E-state index is 5.45. The van der Waals surface area contributed by atoms with Crippen molar-refractivity contribution in [2.45, 2.75) is 19.8 Å². The second-order valence-electron chi connectivity index (χ2n) is 2.60. The van der Waals surface area contributed by atoms with E-state index in [9.17, 15) is 0 Å². The van der Waals surface area contributed by atoms with Crippen LogP contribution in [0.3, 0.4) is 0 Å². The van der Waals surface area contributed by atoms with Gasteiger partial charge in [-0.15, -0.1) is 0 Å². The van der Waals surface area contributed by atoms with E-state index in [2.05, 4.69) is 27.5 Å². The van der Waals surface area contributed by atoms with Crippen molar-refractivity contribution in [2.75, 3.05) is 13.2 Å². The van der Waals surface area contributed by atoms with E-state index in [0.29, 0.717) is 12.6 Å². The summed E-state index contributed by atoms with van der Waals surface area (Å²) in [4.78, 5) is 7.94. The molecule has 0 aromatic rings. The van der Waals surface area contributed by atoms with Crippen molar-refractivity contribution in [3.8, 4) is 0 Å². The molecule has 5 nitrogen and oxygen atoms in total. The van der Waals surface area contributed by atoms with E-state index >= 15 is 0 Å². The Labute approximate surface area is 72.2 Å². The first-order valence-corrected chi connectivity index (χ1v) is 4.18. The topological polar surface area (TPSA) is 74.8 Å². The van der Waals surface area contributed by atoms with Gasteiger partial charge in [0, 0.05) is 6.54 Å². The summed E-state index contributed by atoms with van der Waals surface area (Å²) in [6, 6.07) is 0. The first-order valence-electron chi connectivity index (χ1n) is 4.18. The molecule has 0 aromatic heterocycles. The zero-order valence-corrected chi connectivity index (χ0v) is 7.30. The van der Waals surface area contributed by atoms with Gasteiger partial charge in [0.2, 0.25) is 0 Å². The van der Waals surface area contributed by atoms with Crippen LogP contribution in [0.25, 0.3) is 0 Å². The summed E-state index contributed by atoms with van der Waals surface area (Å²) in [5, 5.41) is 5.97. The molecule has 0 fully saturated rings. The van der Waals surface area contributed by atoms with Gasteiger partial charge in [-0.05, 0) is 6.42 Å². The second-order valence-corrected chi connectivity index (χ2v) is 2.60. The number of nitrogens with one attached hydrogen (secondary N) is 2. The Hall–Kier alpha value is -1.26. The Morgan fingerprint density at radius 2 is 2.42 bits per heavy atom. The van der Waals surface area contributed by atoms with Gasteiger partial charge < -0.3 is 11.1 Å². The summed E-state index contributed by atoms with van der Waals surface area (Å²) in [5.74, 6) is 1.17. The van der Waals surface area contributed by atoms with Gasteiger partial charge >= 0.3 is 0 Å². The molecule has 0 radical (unpaired) electrons. The fraction of sp³-hybridized carbons (Fsp3) is 0.714. The SMILES string of the molecule is CCCCNC1=NCN=C(N)N1. The molecule has 0 saturated heterocycles. The number of nitrogens with zero attached hydrogens (tertiary/aromatic N) is 2. The Morgan fingerprint density at radius 3 is 3.08 bits per heavy atom. The molecule has 0 unspecified atom stereocenters. The van der Waals surface area contributed by atoms with Crippen LogP contribution in [0, 0.1) is 0 Å². The summed E-state index contributed by atoms with van der Waals surface area (Å²) in [5.41, 5.74) is 5.45. The Bertz CT molecular complexity index is 196. The molecule has 4 N–H and O–H groups in total. The molecule has 0 aliphatic carbocycles. The van der Waals surface area contributed by atoms with Crippen molar-refractivity contribution < 1.29 is 0 Å². The van der Waals surface area contributed by atoms with Gasteiger partial charge in [-0.3, -0.25) is 5.32 Å². The van der Waals surface area contributed by atoms with E-state index in [0.717, 1.165) is 18.9 Å². The molecule has 0 atom stereocenters. The van der Waals surface area contributed by atoms with Gasteiger partial charge in [0.15, 0.2) is 11.9 Å². The average molecular weight is 169 g/mol. The maximum Gasteiger partial charge on any atom is 0.199 e. The fourth-order valence-corrected chi connectivity index (χ4v) is 0.866. The van der Waals surface area contributed by atoms with Crippen molar-refractivity contribution in [3.63, 3.8) is 0 Å². The number of unbranched alkanes of at least 4 members (excludes halogenated alkanes) is 1. The lowest BCUT2D eigenvalue weighted by Gasteiger charge is -2.13. The molecule has 1 heterocycles. The number of rotatable bonds is 3. The molecular weight excluding hydrogens is 154 g/mol. The van der Waals surface area contributed by atoms with Crippen LogP contribution in [0.5, 0.6) is 0 Å². The minimum absolute atomic E-state index is 0.424. The molecule has 68 valence electrons. The fourth-order valence-electron chi connectivity index (χ4n) is 0.866. The molecule has 1 aliphatic heterocycles. The second kappa shape index (κ2) is 4.58. The highest BCUT2D eigenvalue weighted by atomic mass is 15.3. The standard InChI is InChI=1S/C7H15N5/c1-2-3-4-9-7-11-5-10-6(8)12-7/h2-5H2,1H3,(H4,8,9,10,11,12). The average Bonchev–Trinajstić information content (AvgIpc) is 2.05. The normalized spacial score (nSPS) is 16.1. The van der Waals surface area contributed by atoms with Crippen LogP contribution in [0.15, 0.2) is 9.98 Å². The number of guanidine groups is 2. The molecule has 0 bridgehead atoms. The molecule has 0 saturated carbocycles. The van der Waals surface area contributed by atoms with Crippen LogP contribution < -0.4 is 16.4 Å². The van der Waals surface area contributed by atoms with Crippen molar-refractivity contribution in [1.29, 1.82) is 0 Å². The Kier molecular flexibility index (Phi) is 3.37. The van der Waals surface area contributed by atoms with E-state index in [4.69, 9.17) is 5.73 Å². The molecule has 12 heavy (non-hydrogen) atoms. The van der Waals surface area contributed by atoms with Crippen LogP contribution in [0.2, 0.25) is 0 Å². The van der Waals surface area contributed by atoms with Crippen molar-refractivity contribution >= 4 is 11.9 Å². The van der Waals surface area contributed by atoms with E-state index in [1.807, 2.05) is 0 Å². The lowest BCUT2D eigenvalue weighted by Crippen LogP contribution is -2.46. The Morgan fingerprint density at radius 1 is 1.58 bits per heavy atom. The van der Waals surface area contributed by atoms with Crippen LogP contribution in [0.4, 0.5) is 0 Å². The van der Waals surface area contributed by atoms with Gasteiger partial charge in [0.25, 0.3) is 0 Å². The number of aliphatic imine (C=N–C) groups is 2. The Balaban J connectivity index is 2.20. The third kappa shape index (κ3) is 2.77. The van der Waals surface area contributed by atoms with Crippen LogP contribution in [0.1, 0.15) is 19.8 Å². The van der Waals surface area contributed by atoms with Crippen LogP contribution >= 0.6 is 0 Å². The zero-order chi connectivity index (χ0) is 8.81. The van der Waals surface area contributed by atoms with E-state index < -0.39 is 0 Å². The number of hydrogen-bond donors (Lipinski definition) is 3. The third-order valence-electron chi connectivity index (χ3n) is 1.54. The van der Waals surface area contributed by atoms with Crippen molar-refractivity contribution in [1.82, 2.24) is 10.6 Å². The first-order chi connectivity index (χ1) is 5.83. The molecule has 1 rings (SSSR count). The minimum atomic E-state index is 0.424. The molecule has 0 aromatic carbocycles. The largest absolute Gasteiger partial charge is 0.370 e. The molecule has 5 heteroatoms. The summed E-state index contributed by atoms with van der Waals surface area (Å²) in [6.45, 7) is 3.50. The summed E-state index contributed by atoms with van der Waals surface area (Å²) < 4.78 is 0. The van der Waals surface area contributed by atoms with E-state index in [1.165, 1.54) is 6.42 Å². The van der Waals surface area contributed by atoms with Crippen LogP contribution in [-0.2, 0) is 0 Å². The monoisotopic (exact) mass is 169 g/mol. The highest BCUT2D eigenvalue weighted by Crippen LogP contribution is 1.85. The molecule has 1 aliphatic rings. The highest BCUT2D eigenvalue weighted by Gasteiger charge is 2.02. The number of hydrogen-bond acceptors (Lipinski definition) is 5. The zero-order valence-electron chi connectivity index (χ0n) is 7.30. The summed E-state index contributed by atoms with van der Waals surface area (Å²) in [6.07, 6.45) is 2.31. The van der Waals surface area contributed by atoms with Crippen molar-refractivity contribution in [3.05, 3.63) is 0 Å². The van der Waals surface area contributed by atoms with E-state index in [1.54, 1.807) is 0 Å². The van der Waals surface area contributed by atoms with Gasteiger partial charge in [-0.2, -0.15) is 0 Å². The van der Waals surface area contributed by atoms with Crippen molar-refractivity contribution in [2.24, 2.45) is 15.7 Å². The molecule has 0 spiro atoms. The van der Waals surface area contributed by atoms with Gasteiger partial charge in [-0.25, -0.2) is 9.98 Å². The lowest BCUT2D eigenvalue weighted by atomic mass is 10.3. The summed E-state index contributed by atoms with van der Waals surface area (Å²) >= 11 is 0. The lowest BCUT2D eigenvalue weighted by molar-refractivity contribution is 0.740. The summed E-state index contributed by atoms with van der Waals surface area (Å²) in [7, 11) is 0. The highest BCUT2D eigenvalue weighted by molar-refractivity contribution is 5.98. The predicted octanol–water partition coefficient (Wildman–Crippen LogP) is -0.392.